The predicted octanol–water partition coefficient (Wildman–Crippen LogP) is 5.07. The molecule has 0 unspecified atom stereocenters. The maximum absolute atomic E-state index is 5.84. The second-order valence-electron chi connectivity index (χ2n) is 4.58. The van der Waals surface area contributed by atoms with Crippen LogP contribution in [0, 0.1) is 6.92 Å². The lowest BCUT2D eigenvalue weighted by molar-refractivity contribution is 0.478. The Balaban J connectivity index is 2.26. The molecule has 0 fully saturated rings. The highest BCUT2D eigenvalue weighted by Crippen LogP contribution is 2.30. The van der Waals surface area contributed by atoms with Crippen LogP contribution >= 0.6 is 15.9 Å². The molecule has 0 aliphatic rings. The molecule has 3 heteroatoms. The Hall–Kier alpha value is -1.35. The average molecular weight is 306 g/mol. The summed E-state index contributed by atoms with van der Waals surface area (Å²) in [7, 11) is 0. The molecule has 0 radical (unpaired) electrons. The van der Waals surface area contributed by atoms with Gasteiger partial charge < -0.3 is 4.74 Å². The van der Waals surface area contributed by atoms with Gasteiger partial charge in [0.25, 0.3) is 0 Å². The summed E-state index contributed by atoms with van der Waals surface area (Å²) in [5.41, 5.74) is 2.61. The first kappa shape index (κ1) is 13.1. The van der Waals surface area contributed by atoms with Gasteiger partial charge in [-0.2, -0.15) is 0 Å². The van der Waals surface area contributed by atoms with E-state index in [1.165, 1.54) is 11.1 Å². The third-order valence-corrected chi connectivity index (χ3v) is 3.42. The van der Waals surface area contributed by atoms with Gasteiger partial charge in [-0.05, 0) is 52.0 Å². The summed E-state index contributed by atoms with van der Waals surface area (Å²) in [4.78, 5) is 4.01. The minimum Gasteiger partial charge on any atom is -0.456 e. The van der Waals surface area contributed by atoms with E-state index >= 15 is 0 Å². The maximum Gasteiger partial charge on any atom is 0.144 e. The van der Waals surface area contributed by atoms with Crippen LogP contribution in [0.25, 0.3) is 0 Å². The molecule has 1 heterocycles. The fourth-order valence-electron chi connectivity index (χ4n) is 1.93. The molecule has 1 aromatic heterocycles. The van der Waals surface area contributed by atoms with Crippen molar-refractivity contribution >= 4 is 15.9 Å². The minimum atomic E-state index is 0.534. The van der Waals surface area contributed by atoms with Crippen molar-refractivity contribution in [2.75, 3.05) is 0 Å². The zero-order valence-electron chi connectivity index (χ0n) is 10.8. The lowest BCUT2D eigenvalue weighted by Crippen LogP contribution is -1.93. The van der Waals surface area contributed by atoms with Crippen molar-refractivity contribution < 1.29 is 4.74 Å². The third kappa shape index (κ3) is 2.91. The predicted molar refractivity (Wildman–Crippen MR) is 77.3 cm³/mol. The monoisotopic (exact) mass is 305 g/mol. The number of nitrogens with zero attached hydrogens (tertiary/aromatic N) is 1. The summed E-state index contributed by atoms with van der Waals surface area (Å²) in [5.74, 6) is 2.16. The average Bonchev–Trinajstić information content (AvgIpc) is 2.32. The number of pyridine rings is 1. The van der Waals surface area contributed by atoms with Gasteiger partial charge in [0.1, 0.15) is 11.5 Å². The Morgan fingerprint density at radius 1 is 1.22 bits per heavy atom. The lowest BCUT2D eigenvalue weighted by atomic mass is 9.98. The smallest absolute Gasteiger partial charge is 0.144 e. The van der Waals surface area contributed by atoms with Crippen LogP contribution in [0.4, 0.5) is 0 Å². The van der Waals surface area contributed by atoms with E-state index in [1.54, 1.807) is 12.4 Å². The van der Waals surface area contributed by atoms with Gasteiger partial charge in [-0.1, -0.05) is 19.9 Å². The summed E-state index contributed by atoms with van der Waals surface area (Å²) < 4.78 is 6.69. The quantitative estimate of drug-likeness (QED) is 0.790. The fraction of sp³-hybridized carbons (Fsp3) is 0.267. The number of hydrogen-bond acceptors (Lipinski definition) is 2. The Morgan fingerprint density at radius 2 is 2.00 bits per heavy atom. The molecule has 0 saturated heterocycles. The molecular formula is C15H16BrNO. The Bertz CT molecular complexity index is 552. The number of aryl methyl sites for hydroxylation is 1. The van der Waals surface area contributed by atoms with E-state index in [2.05, 4.69) is 53.8 Å². The van der Waals surface area contributed by atoms with E-state index in [9.17, 15) is 0 Å². The molecule has 2 aromatic rings. The van der Waals surface area contributed by atoms with E-state index in [4.69, 9.17) is 4.74 Å². The summed E-state index contributed by atoms with van der Waals surface area (Å²) in [6, 6.07) is 8.05. The summed E-state index contributed by atoms with van der Waals surface area (Å²) in [6.07, 6.45) is 3.44. The number of rotatable bonds is 3. The van der Waals surface area contributed by atoms with Gasteiger partial charge in [0.15, 0.2) is 0 Å². The van der Waals surface area contributed by atoms with Gasteiger partial charge >= 0.3 is 0 Å². The molecule has 0 saturated carbocycles. The summed E-state index contributed by atoms with van der Waals surface area (Å²) in [6.45, 7) is 6.51. The standard InChI is InChI=1S/C15H16BrNO/c1-10(2)13-5-4-12(8-11(13)3)18-15-6-7-17-9-14(15)16/h4-10H,1-3H3. The fourth-order valence-corrected chi connectivity index (χ4v) is 2.26. The van der Waals surface area contributed by atoms with Crippen molar-refractivity contribution in [1.82, 2.24) is 4.98 Å². The summed E-state index contributed by atoms with van der Waals surface area (Å²) >= 11 is 3.42. The topological polar surface area (TPSA) is 22.1 Å². The van der Waals surface area contributed by atoms with Crippen LogP contribution in [0.15, 0.2) is 41.1 Å². The summed E-state index contributed by atoms with van der Waals surface area (Å²) in [5, 5.41) is 0. The molecule has 0 amide bonds. The molecule has 0 aliphatic carbocycles. The van der Waals surface area contributed by atoms with Crippen LogP contribution in [0.1, 0.15) is 30.9 Å². The molecule has 2 nitrogen and oxygen atoms in total. The largest absolute Gasteiger partial charge is 0.456 e. The number of aromatic nitrogens is 1. The van der Waals surface area contributed by atoms with Crippen molar-refractivity contribution in [1.29, 1.82) is 0 Å². The molecule has 1 aromatic carbocycles. The van der Waals surface area contributed by atoms with Crippen molar-refractivity contribution in [3.63, 3.8) is 0 Å². The molecule has 0 N–H and O–H groups in total. The highest BCUT2D eigenvalue weighted by atomic mass is 79.9. The van der Waals surface area contributed by atoms with Gasteiger partial charge in [-0.15, -0.1) is 0 Å². The van der Waals surface area contributed by atoms with Gasteiger partial charge in [-0.25, -0.2) is 0 Å². The molecule has 0 atom stereocenters. The van der Waals surface area contributed by atoms with E-state index in [1.807, 2.05) is 12.1 Å². The van der Waals surface area contributed by atoms with Crippen LogP contribution in [-0.2, 0) is 0 Å². The number of ether oxygens (including phenoxy) is 1. The molecule has 18 heavy (non-hydrogen) atoms. The normalized spacial score (nSPS) is 10.7. The Kier molecular flexibility index (Phi) is 4.02. The minimum absolute atomic E-state index is 0.534. The molecule has 0 spiro atoms. The van der Waals surface area contributed by atoms with Gasteiger partial charge in [-0.3, -0.25) is 4.98 Å². The van der Waals surface area contributed by atoms with Crippen LogP contribution in [0.3, 0.4) is 0 Å². The first-order chi connectivity index (χ1) is 8.58. The van der Waals surface area contributed by atoms with Gasteiger partial charge in [0, 0.05) is 18.5 Å². The van der Waals surface area contributed by atoms with E-state index < -0.39 is 0 Å². The third-order valence-electron chi connectivity index (χ3n) is 2.83. The maximum atomic E-state index is 5.84. The lowest BCUT2D eigenvalue weighted by Gasteiger charge is -2.12. The molecule has 0 aliphatic heterocycles. The van der Waals surface area contributed by atoms with Crippen LogP contribution in [0.5, 0.6) is 11.5 Å². The molecule has 2 rings (SSSR count). The molecular weight excluding hydrogens is 290 g/mol. The van der Waals surface area contributed by atoms with Crippen LogP contribution in [0.2, 0.25) is 0 Å². The Labute approximate surface area is 116 Å². The highest BCUT2D eigenvalue weighted by molar-refractivity contribution is 9.10. The van der Waals surface area contributed by atoms with Crippen molar-refractivity contribution in [2.45, 2.75) is 26.7 Å². The van der Waals surface area contributed by atoms with Crippen LogP contribution < -0.4 is 4.74 Å². The van der Waals surface area contributed by atoms with Gasteiger partial charge in [0.2, 0.25) is 0 Å². The van der Waals surface area contributed by atoms with E-state index in [-0.39, 0.29) is 0 Å². The second-order valence-corrected chi connectivity index (χ2v) is 5.44. The molecule has 0 bridgehead atoms. The second kappa shape index (κ2) is 5.53. The zero-order chi connectivity index (χ0) is 13.1. The highest BCUT2D eigenvalue weighted by Gasteiger charge is 2.06. The number of hydrogen-bond donors (Lipinski definition) is 0. The SMILES string of the molecule is Cc1cc(Oc2ccncc2Br)ccc1C(C)C. The van der Waals surface area contributed by atoms with E-state index in [0.29, 0.717) is 5.92 Å². The van der Waals surface area contributed by atoms with Crippen LogP contribution in [-0.4, -0.2) is 4.98 Å². The van der Waals surface area contributed by atoms with E-state index in [0.717, 1.165) is 16.0 Å². The first-order valence-electron chi connectivity index (χ1n) is 5.96. The van der Waals surface area contributed by atoms with Crippen molar-refractivity contribution in [2.24, 2.45) is 0 Å². The zero-order valence-corrected chi connectivity index (χ0v) is 12.4. The molecule has 94 valence electrons. The van der Waals surface area contributed by atoms with Gasteiger partial charge in [0.05, 0.1) is 4.47 Å². The van der Waals surface area contributed by atoms with Crippen molar-refractivity contribution in [3.8, 4) is 11.5 Å². The number of halogens is 1. The number of benzene rings is 1. The van der Waals surface area contributed by atoms with Crippen molar-refractivity contribution in [3.05, 3.63) is 52.3 Å². The Morgan fingerprint density at radius 3 is 2.61 bits per heavy atom. The first-order valence-corrected chi connectivity index (χ1v) is 6.75.